The summed E-state index contributed by atoms with van der Waals surface area (Å²) in [4.78, 5) is 24.2. The van der Waals surface area contributed by atoms with Gasteiger partial charge in [-0.05, 0) is 79.0 Å². The lowest BCUT2D eigenvalue weighted by molar-refractivity contribution is -0.121. The number of carbonyl (C=O) groups is 2. The van der Waals surface area contributed by atoms with Crippen LogP contribution in [0.15, 0.2) is 83.8 Å². The topological polar surface area (TPSA) is 63.6 Å². The highest BCUT2D eigenvalue weighted by atomic mass is 32.2. The minimum absolute atomic E-state index is 0.0197. The van der Waals surface area contributed by atoms with E-state index < -0.39 is 5.97 Å². The third-order valence-electron chi connectivity index (χ3n) is 5.34. The Bertz CT molecular complexity index is 998. The van der Waals surface area contributed by atoms with Gasteiger partial charge in [0, 0.05) is 11.3 Å². The van der Waals surface area contributed by atoms with E-state index in [1.54, 1.807) is 24.3 Å². The molecule has 0 aromatic heterocycles. The number of unbranched alkanes of at least 4 members (excludes halogenated alkanes) is 2. The normalized spacial score (nSPS) is 10.7. The van der Waals surface area contributed by atoms with Crippen molar-refractivity contribution >= 4 is 23.5 Å². The highest BCUT2D eigenvalue weighted by Crippen LogP contribution is 2.23. The fourth-order valence-corrected chi connectivity index (χ4v) is 4.32. The quantitative estimate of drug-likeness (QED) is 0.220. The SMILES string of the molecule is O=C(CCc1ccc(C(=O)O)cc1)COc1ccc(SCCCCCc2ccccc2)cc1. The summed E-state index contributed by atoms with van der Waals surface area (Å²) in [5, 5.41) is 8.93. The van der Waals surface area contributed by atoms with Crippen LogP contribution in [0.25, 0.3) is 0 Å². The van der Waals surface area contributed by atoms with E-state index in [1.165, 1.54) is 29.7 Å². The number of hydrogen-bond donors (Lipinski definition) is 1. The summed E-state index contributed by atoms with van der Waals surface area (Å²) in [6.07, 6.45) is 5.73. The second-order valence-electron chi connectivity index (χ2n) is 7.95. The highest BCUT2D eigenvalue weighted by Gasteiger charge is 2.06. The monoisotopic (exact) mass is 462 g/mol. The first kappa shape index (κ1) is 24.6. The van der Waals surface area contributed by atoms with E-state index in [-0.39, 0.29) is 18.0 Å². The lowest BCUT2D eigenvalue weighted by atomic mass is 10.1. The number of thioether (sulfide) groups is 1. The molecule has 0 aliphatic carbocycles. The Kier molecular flexibility index (Phi) is 10.0. The molecule has 5 heteroatoms. The number of Topliss-reactive ketones (excluding diaryl/α,β-unsaturated/α-hetero) is 1. The van der Waals surface area contributed by atoms with Gasteiger partial charge in [0.05, 0.1) is 5.56 Å². The van der Waals surface area contributed by atoms with Gasteiger partial charge in [-0.25, -0.2) is 4.79 Å². The smallest absolute Gasteiger partial charge is 0.335 e. The zero-order valence-corrected chi connectivity index (χ0v) is 19.6. The van der Waals surface area contributed by atoms with Crippen molar-refractivity contribution < 1.29 is 19.4 Å². The molecular formula is C28H30O4S. The number of carboxylic acids is 1. The maximum Gasteiger partial charge on any atom is 0.335 e. The van der Waals surface area contributed by atoms with Gasteiger partial charge in [0.25, 0.3) is 0 Å². The number of rotatable bonds is 14. The molecule has 0 aliphatic heterocycles. The van der Waals surface area contributed by atoms with Gasteiger partial charge in [-0.1, -0.05) is 48.9 Å². The van der Waals surface area contributed by atoms with E-state index in [0.29, 0.717) is 18.6 Å². The number of carboxylic acid groups (broad SMARTS) is 1. The van der Waals surface area contributed by atoms with Crippen LogP contribution in [0, 0.1) is 0 Å². The molecule has 33 heavy (non-hydrogen) atoms. The molecule has 0 saturated carbocycles. The maximum absolute atomic E-state index is 12.1. The van der Waals surface area contributed by atoms with Crippen LogP contribution in [0.1, 0.15) is 47.2 Å². The van der Waals surface area contributed by atoms with E-state index >= 15 is 0 Å². The fraction of sp³-hybridized carbons (Fsp3) is 0.286. The number of ketones is 1. The molecular weight excluding hydrogens is 432 g/mol. The Labute approximate surface area is 200 Å². The van der Waals surface area contributed by atoms with Crippen molar-refractivity contribution in [3.05, 3.63) is 95.6 Å². The summed E-state index contributed by atoms with van der Waals surface area (Å²) in [6, 6.07) is 25.1. The molecule has 3 aromatic carbocycles. The van der Waals surface area contributed by atoms with Crippen molar-refractivity contribution in [2.24, 2.45) is 0 Å². The first-order valence-corrected chi connectivity index (χ1v) is 12.3. The Balaban J connectivity index is 1.28. The zero-order chi connectivity index (χ0) is 23.3. The minimum Gasteiger partial charge on any atom is -0.486 e. The van der Waals surface area contributed by atoms with Crippen molar-refractivity contribution in [1.29, 1.82) is 0 Å². The molecule has 0 atom stereocenters. The molecule has 0 amide bonds. The van der Waals surface area contributed by atoms with Crippen LogP contribution in [0.4, 0.5) is 0 Å². The van der Waals surface area contributed by atoms with Gasteiger partial charge >= 0.3 is 5.97 Å². The van der Waals surface area contributed by atoms with E-state index in [2.05, 4.69) is 30.3 Å². The number of carbonyl (C=O) groups excluding carboxylic acids is 1. The average molecular weight is 463 g/mol. The maximum atomic E-state index is 12.1. The van der Waals surface area contributed by atoms with Gasteiger partial charge in [0.15, 0.2) is 5.78 Å². The molecule has 1 N–H and O–H groups in total. The van der Waals surface area contributed by atoms with Crippen molar-refractivity contribution in [1.82, 2.24) is 0 Å². The predicted molar refractivity (Wildman–Crippen MR) is 133 cm³/mol. The molecule has 4 nitrogen and oxygen atoms in total. The van der Waals surface area contributed by atoms with Crippen molar-refractivity contribution in [3.63, 3.8) is 0 Å². The molecule has 172 valence electrons. The van der Waals surface area contributed by atoms with Crippen LogP contribution in [0.2, 0.25) is 0 Å². The van der Waals surface area contributed by atoms with Gasteiger partial charge in [0.1, 0.15) is 12.4 Å². The lowest BCUT2D eigenvalue weighted by Crippen LogP contribution is -2.12. The van der Waals surface area contributed by atoms with Crippen LogP contribution in [0.5, 0.6) is 5.75 Å². The first-order valence-electron chi connectivity index (χ1n) is 11.3. The Morgan fingerprint density at radius 2 is 1.45 bits per heavy atom. The fourth-order valence-electron chi connectivity index (χ4n) is 3.41. The molecule has 0 unspecified atom stereocenters. The second kappa shape index (κ2) is 13.5. The number of benzene rings is 3. The summed E-state index contributed by atoms with van der Waals surface area (Å²) in [5.74, 6) is 0.864. The van der Waals surface area contributed by atoms with E-state index in [9.17, 15) is 9.59 Å². The van der Waals surface area contributed by atoms with Gasteiger partial charge in [-0.2, -0.15) is 0 Å². The van der Waals surface area contributed by atoms with Crippen LogP contribution >= 0.6 is 11.8 Å². The standard InChI is InChI=1S/C28H30O4S/c29-25(15-12-23-10-13-24(14-11-23)28(30)31)21-32-26-16-18-27(19-17-26)33-20-6-2-5-9-22-7-3-1-4-8-22/h1,3-4,7-8,10-11,13-14,16-19H,2,5-6,9,12,15,20-21H2,(H,30,31). The summed E-state index contributed by atoms with van der Waals surface area (Å²) >= 11 is 1.85. The van der Waals surface area contributed by atoms with Gasteiger partial charge in [0.2, 0.25) is 0 Å². The molecule has 0 bridgehead atoms. The largest absolute Gasteiger partial charge is 0.486 e. The van der Waals surface area contributed by atoms with Crippen molar-refractivity contribution in [3.8, 4) is 5.75 Å². The lowest BCUT2D eigenvalue weighted by Gasteiger charge is -2.07. The summed E-state index contributed by atoms with van der Waals surface area (Å²) in [5.41, 5.74) is 2.60. The van der Waals surface area contributed by atoms with E-state index in [0.717, 1.165) is 17.7 Å². The molecule has 0 fully saturated rings. The third-order valence-corrected chi connectivity index (χ3v) is 6.44. The first-order chi connectivity index (χ1) is 16.1. The van der Waals surface area contributed by atoms with Crippen LogP contribution in [-0.2, 0) is 17.6 Å². The van der Waals surface area contributed by atoms with Crippen LogP contribution in [-0.4, -0.2) is 29.2 Å². The molecule has 0 saturated heterocycles. The summed E-state index contributed by atoms with van der Waals surface area (Å²) < 4.78 is 5.62. The van der Waals surface area contributed by atoms with Crippen LogP contribution < -0.4 is 4.74 Å². The second-order valence-corrected chi connectivity index (χ2v) is 9.11. The Morgan fingerprint density at radius 1 is 0.758 bits per heavy atom. The molecule has 0 heterocycles. The number of hydrogen-bond acceptors (Lipinski definition) is 4. The van der Waals surface area contributed by atoms with Gasteiger partial charge in [-0.3, -0.25) is 4.79 Å². The van der Waals surface area contributed by atoms with E-state index in [1.807, 2.05) is 36.0 Å². The van der Waals surface area contributed by atoms with Gasteiger partial charge in [-0.15, -0.1) is 11.8 Å². The third kappa shape index (κ3) is 9.15. The Morgan fingerprint density at radius 3 is 2.15 bits per heavy atom. The van der Waals surface area contributed by atoms with E-state index in [4.69, 9.17) is 9.84 Å². The highest BCUT2D eigenvalue weighted by molar-refractivity contribution is 7.99. The zero-order valence-electron chi connectivity index (χ0n) is 18.7. The minimum atomic E-state index is -0.950. The molecule has 0 aliphatic rings. The van der Waals surface area contributed by atoms with Crippen LogP contribution in [0.3, 0.4) is 0 Å². The molecule has 0 radical (unpaired) electrons. The van der Waals surface area contributed by atoms with Gasteiger partial charge < -0.3 is 9.84 Å². The average Bonchev–Trinajstić information content (AvgIpc) is 2.85. The molecule has 3 rings (SSSR count). The molecule has 3 aromatic rings. The summed E-state index contributed by atoms with van der Waals surface area (Å²) in [7, 11) is 0. The Hall–Kier alpha value is -3.05. The number of aromatic carboxylic acids is 1. The molecule has 0 spiro atoms. The van der Waals surface area contributed by atoms with Crippen molar-refractivity contribution in [2.45, 2.75) is 43.4 Å². The predicted octanol–water partition coefficient (Wildman–Crippen LogP) is 6.47. The summed E-state index contributed by atoms with van der Waals surface area (Å²) in [6.45, 7) is 0.0428. The van der Waals surface area contributed by atoms with Crippen molar-refractivity contribution in [2.75, 3.05) is 12.4 Å². The number of aryl methyl sites for hydroxylation is 2. The number of ether oxygens (including phenoxy) is 1.